The number of hydrogen-bond acceptors (Lipinski definition) is 3. The van der Waals surface area contributed by atoms with Crippen LogP contribution in [0.2, 0.25) is 0 Å². The molecule has 0 fully saturated rings. The van der Waals surface area contributed by atoms with Gasteiger partial charge < -0.3 is 14.8 Å². The van der Waals surface area contributed by atoms with Crippen molar-refractivity contribution in [2.24, 2.45) is 7.05 Å². The van der Waals surface area contributed by atoms with Gasteiger partial charge in [0.2, 0.25) is 0 Å². The molecule has 0 saturated heterocycles. The Morgan fingerprint density at radius 3 is 2.87 bits per heavy atom. The fourth-order valence-corrected chi connectivity index (χ4v) is 1.39. The third-order valence-corrected chi connectivity index (χ3v) is 2.66. The molecule has 0 aromatic carbocycles. The van der Waals surface area contributed by atoms with E-state index >= 15 is 0 Å². The second-order valence-electron chi connectivity index (χ2n) is 3.85. The Kier molecular flexibility index (Phi) is 5.36. The second kappa shape index (κ2) is 6.58. The molecule has 0 amide bonds. The van der Waals surface area contributed by atoms with Gasteiger partial charge in [-0.25, -0.2) is 4.98 Å². The molecule has 1 aromatic heterocycles. The summed E-state index contributed by atoms with van der Waals surface area (Å²) in [6.07, 6.45) is 4.83. The summed E-state index contributed by atoms with van der Waals surface area (Å²) in [4.78, 5) is 6.58. The zero-order valence-corrected chi connectivity index (χ0v) is 10.0. The summed E-state index contributed by atoms with van der Waals surface area (Å²) in [5, 5.41) is 3.42. The monoisotopic (exact) mass is 210 g/mol. The molecule has 1 heterocycles. The van der Waals surface area contributed by atoms with Gasteiger partial charge in [0.15, 0.2) is 0 Å². The van der Waals surface area contributed by atoms with E-state index in [2.05, 4.69) is 33.7 Å². The Morgan fingerprint density at radius 1 is 1.47 bits per heavy atom. The highest BCUT2D eigenvalue weighted by Gasteiger charge is 1.98. The van der Waals surface area contributed by atoms with Crippen LogP contribution < -0.4 is 5.32 Å². The average Bonchev–Trinajstić information content (AvgIpc) is 2.63. The van der Waals surface area contributed by atoms with E-state index in [1.54, 1.807) is 0 Å². The second-order valence-corrected chi connectivity index (χ2v) is 3.85. The van der Waals surface area contributed by atoms with Gasteiger partial charge in [-0.15, -0.1) is 0 Å². The molecule has 0 radical (unpaired) electrons. The molecule has 4 heteroatoms. The van der Waals surface area contributed by atoms with Crippen molar-refractivity contribution in [3.63, 3.8) is 0 Å². The van der Waals surface area contributed by atoms with Crippen molar-refractivity contribution in [3.05, 3.63) is 18.2 Å². The van der Waals surface area contributed by atoms with Crippen LogP contribution in [-0.4, -0.2) is 47.7 Å². The Balaban J connectivity index is 2.05. The first-order valence-corrected chi connectivity index (χ1v) is 5.59. The Morgan fingerprint density at radius 2 is 2.27 bits per heavy atom. The number of hydrogen-bond donors (Lipinski definition) is 1. The molecule has 86 valence electrons. The predicted molar refractivity (Wildman–Crippen MR) is 63.0 cm³/mol. The van der Waals surface area contributed by atoms with Crippen LogP contribution in [0.1, 0.15) is 12.7 Å². The van der Waals surface area contributed by atoms with Crippen LogP contribution in [-0.2, 0) is 13.5 Å². The minimum absolute atomic E-state index is 0.999. The van der Waals surface area contributed by atoms with Crippen LogP contribution in [0, 0.1) is 0 Å². The summed E-state index contributed by atoms with van der Waals surface area (Å²) < 4.78 is 2.07. The smallest absolute Gasteiger partial charge is 0.109 e. The molecular weight excluding hydrogens is 188 g/mol. The van der Waals surface area contributed by atoms with E-state index in [4.69, 9.17) is 0 Å². The third-order valence-electron chi connectivity index (χ3n) is 2.66. The van der Waals surface area contributed by atoms with Crippen LogP contribution in [0.4, 0.5) is 0 Å². The number of aromatic nitrogens is 2. The van der Waals surface area contributed by atoms with E-state index in [9.17, 15) is 0 Å². The van der Waals surface area contributed by atoms with Crippen LogP contribution in [0.5, 0.6) is 0 Å². The summed E-state index contributed by atoms with van der Waals surface area (Å²) in [6, 6.07) is 0. The number of rotatable bonds is 7. The lowest BCUT2D eigenvalue weighted by atomic mass is 10.4. The summed E-state index contributed by atoms with van der Waals surface area (Å²) in [5.74, 6) is 1.14. The van der Waals surface area contributed by atoms with E-state index in [0.717, 1.165) is 38.4 Å². The third kappa shape index (κ3) is 4.44. The van der Waals surface area contributed by atoms with Crippen LogP contribution in [0.3, 0.4) is 0 Å². The largest absolute Gasteiger partial charge is 0.338 e. The summed E-state index contributed by atoms with van der Waals surface area (Å²) >= 11 is 0. The molecule has 0 unspecified atom stereocenters. The van der Waals surface area contributed by atoms with Crippen LogP contribution in [0.15, 0.2) is 12.4 Å². The van der Waals surface area contributed by atoms with Gasteiger partial charge in [-0.2, -0.15) is 0 Å². The van der Waals surface area contributed by atoms with Crippen molar-refractivity contribution >= 4 is 0 Å². The highest BCUT2D eigenvalue weighted by atomic mass is 15.1. The number of nitrogens with one attached hydrogen (secondary N) is 1. The lowest BCUT2D eigenvalue weighted by Crippen LogP contribution is -2.30. The molecule has 1 N–H and O–H groups in total. The van der Waals surface area contributed by atoms with Crippen molar-refractivity contribution in [1.82, 2.24) is 19.8 Å². The standard InChI is InChI=1S/C11H22N4/c1-4-14(2)9-7-12-6-5-11-13-8-10-15(11)3/h8,10,12H,4-7,9H2,1-3H3. The normalized spacial score (nSPS) is 11.2. The van der Waals surface area contributed by atoms with Gasteiger partial charge in [0.1, 0.15) is 5.82 Å². The number of aryl methyl sites for hydroxylation is 1. The van der Waals surface area contributed by atoms with E-state index in [1.807, 2.05) is 19.4 Å². The molecule has 0 spiro atoms. The Hall–Kier alpha value is -0.870. The molecule has 0 bridgehead atoms. The molecule has 4 nitrogen and oxygen atoms in total. The SMILES string of the molecule is CCN(C)CCNCCc1nccn1C. The molecule has 0 aliphatic carbocycles. The van der Waals surface area contributed by atoms with Crippen molar-refractivity contribution in [3.8, 4) is 0 Å². The van der Waals surface area contributed by atoms with Crippen LogP contribution in [0.25, 0.3) is 0 Å². The van der Waals surface area contributed by atoms with Crippen molar-refractivity contribution < 1.29 is 0 Å². The fraction of sp³-hybridized carbons (Fsp3) is 0.727. The molecule has 0 aliphatic rings. The molecule has 0 aliphatic heterocycles. The van der Waals surface area contributed by atoms with Gasteiger partial charge in [-0.3, -0.25) is 0 Å². The van der Waals surface area contributed by atoms with E-state index in [1.165, 1.54) is 0 Å². The van der Waals surface area contributed by atoms with Gasteiger partial charge in [0.05, 0.1) is 0 Å². The van der Waals surface area contributed by atoms with Crippen molar-refractivity contribution in [2.45, 2.75) is 13.3 Å². The van der Waals surface area contributed by atoms with E-state index < -0.39 is 0 Å². The van der Waals surface area contributed by atoms with Crippen LogP contribution >= 0.6 is 0 Å². The van der Waals surface area contributed by atoms with Crippen molar-refractivity contribution in [2.75, 3.05) is 33.2 Å². The lowest BCUT2D eigenvalue weighted by Gasteiger charge is -2.13. The topological polar surface area (TPSA) is 33.1 Å². The van der Waals surface area contributed by atoms with E-state index in [0.29, 0.717) is 0 Å². The quantitative estimate of drug-likeness (QED) is 0.665. The first kappa shape index (κ1) is 12.2. The maximum Gasteiger partial charge on any atom is 0.109 e. The average molecular weight is 210 g/mol. The van der Waals surface area contributed by atoms with E-state index in [-0.39, 0.29) is 0 Å². The maximum absolute atomic E-state index is 4.28. The van der Waals surface area contributed by atoms with Gasteiger partial charge in [-0.05, 0) is 13.6 Å². The molecule has 1 aromatic rings. The predicted octanol–water partition coefficient (Wildman–Crippen LogP) is 0.504. The summed E-state index contributed by atoms with van der Waals surface area (Å²) in [5.41, 5.74) is 0. The summed E-state index contributed by atoms with van der Waals surface area (Å²) in [6.45, 7) is 6.45. The van der Waals surface area contributed by atoms with Gasteiger partial charge in [0.25, 0.3) is 0 Å². The fourth-order valence-electron chi connectivity index (χ4n) is 1.39. The van der Waals surface area contributed by atoms with Gasteiger partial charge in [-0.1, -0.05) is 6.92 Å². The summed E-state index contributed by atoms with van der Waals surface area (Å²) in [7, 11) is 4.17. The molecule has 1 rings (SSSR count). The molecule has 0 saturated carbocycles. The first-order chi connectivity index (χ1) is 7.24. The minimum Gasteiger partial charge on any atom is -0.338 e. The first-order valence-electron chi connectivity index (χ1n) is 5.59. The maximum atomic E-state index is 4.28. The van der Waals surface area contributed by atoms with Gasteiger partial charge in [0, 0.05) is 45.5 Å². The lowest BCUT2D eigenvalue weighted by molar-refractivity contribution is 0.349. The Bertz CT molecular complexity index is 269. The number of likely N-dealkylation sites (N-methyl/N-ethyl adjacent to an activating group) is 1. The highest BCUT2D eigenvalue weighted by Crippen LogP contribution is 1.93. The number of nitrogens with zero attached hydrogens (tertiary/aromatic N) is 3. The molecular formula is C11H22N4. The highest BCUT2D eigenvalue weighted by molar-refractivity contribution is 4.91. The molecule has 0 atom stereocenters. The minimum atomic E-state index is 0.999. The number of imidazole rings is 1. The molecule has 15 heavy (non-hydrogen) atoms. The van der Waals surface area contributed by atoms with Crippen molar-refractivity contribution in [1.29, 1.82) is 0 Å². The zero-order chi connectivity index (χ0) is 11.1. The zero-order valence-electron chi connectivity index (χ0n) is 10.0. The Labute approximate surface area is 92.3 Å². The van der Waals surface area contributed by atoms with Gasteiger partial charge >= 0.3 is 0 Å².